The highest BCUT2D eigenvalue weighted by Crippen LogP contribution is 2.38. The van der Waals surface area contributed by atoms with E-state index >= 15 is 0 Å². The molecule has 1 N–H and O–H groups in total. The van der Waals surface area contributed by atoms with E-state index < -0.39 is 27.9 Å². The van der Waals surface area contributed by atoms with E-state index in [4.69, 9.17) is 9.47 Å². The number of rotatable bonds is 4. The van der Waals surface area contributed by atoms with Crippen LogP contribution >= 0.6 is 0 Å². The van der Waals surface area contributed by atoms with Gasteiger partial charge in [0.2, 0.25) is 0 Å². The molecule has 1 saturated carbocycles. The third-order valence-corrected chi connectivity index (χ3v) is 7.79. The lowest BCUT2D eigenvalue weighted by Gasteiger charge is -2.32. The van der Waals surface area contributed by atoms with Crippen LogP contribution in [0.5, 0.6) is 0 Å². The van der Waals surface area contributed by atoms with E-state index in [-0.39, 0.29) is 6.04 Å². The Balaban J connectivity index is 2.04. The van der Waals surface area contributed by atoms with Crippen LogP contribution in [-0.4, -0.2) is 44.0 Å². The zero-order valence-corrected chi connectivity index (χ0v) is 20.4. The number of methoxy groups -OCH3 is 1. The molecule has 3 rings (SSSR count). The SMILES string of the molecule is COC(=O)[C@@H](OC(C)(C)C)c1cc(C)c2c(c1C)NS(=O)(=O)N(C1CCCCC1)CC2. The molecule has 0 unspecified atom stereocenters. The summed E-state index contributed by atoms with van der Waals surface area (Å²) in [6.07, 6.45) is 4.81. The van der Waals surface area contributed by atoms with E-state index in [0.717, 1.165) is 36.8 Å². The molecule has 1 fully saturated rings. The molecule has 1 aromatic rings. The number of esters is 1. The molecule has 0 saturated heterocycles. The normalized spacial score (nSPS) is 21.0. The van der Waals surface area contributed by atoms with Gasteiger partial charge in [0.05, 0.1) is 18.4 Å². The number of nitrogens with one attached hydrogen (secondary N) is 1. The van der Waals surface area contributed by atoms with Gasteiger partial charge in [0, 0.05) is 12.6 Å². The van der Waals surface area contributed by atoms with Crippen LogP contribution in [0.4, 0.5) is 5.69 Å². The van der Waals surface area contributed by atoms with Crippen molar-refractivity contribution in [3.63, 3.8) is 0 Å². The van der Waals surface area contributed by atoms with Crippen LogP contribution in [0.2, 0.25) is 0 Å². The molecule has 2 aliphatic rings. The number of hydrogen-bond acceptors (Lipinski definition) is 5. The molecule has 1 aromatic carbocycles. The number of benzene rings is 1. The first-order chi connectivity index (χ1) is 14.4. The Morgan fingerprint density at radius 2 is 1.84 bits per heavy atom. The molecule has 0 amide bonds. The van der Waals surface area contributed by atoms with Crippen molar-refractivity contribution in [1.29, 1.82) is 0 Å². The van der Waals surface area contributed by atoms with Gasteiger partial charge >= 0.3 is 16.2 Å². The van der Waals surface area contributed by atoms with E-state index in [1.54, 1.807) is 4.31 Å². The number of anilines is 1. The van der Waals surface area contributed by atoms with Gasteiger partial charge < -0.3 is 9.47 Å². The number of carbonyl (C=O) groups excluding carboxylic acids is 1. The Hall–Kier alpha value is -1.64. The highest BCUT2D eigenvalue weighted by atomic mass is 32.2. The monoisotopic (exact) mass is 452 g/mol. The lowest BCUT2D eigenvalue weighted by molar-refractivity contribution is -0.164. The molecule has 1 atom stereocenters. The number of hydrogen-bond donors (Lipinski definition) is 1. The Labute approximate surface area is 186 Å². The van der Waals surface area contributed by atoms with Gasteiger partial charge in [-0.15, -0.1) is 0 Å². The molecule has 174 valence electrons. The summed E-state index contributed by atoms with van der Waals surface area (Å²) < 4.78 is 42.2. The first-order valence-electron chi connectivity index (χ1n) is 11.1. The maximum Gasteiger partial charge on any atom is 0.339 e. The minimum Gasteiger partial charge on any atom is -0.467 e. The van der Waals surface area contributed by atoms with Crippen molar-refractivity contribution in [3.05, 3.63) is 28.3 Å². The summed E-state index contributed by atoms with van der Waals surface area (Å²) in [6, 6.07) is 1.99. The largest absolute Gasteiger partial charge is 0.467 e. The molecular weight excluding hydrogens is 416 g/mol. The minimum atomic E-state index is -3.69. The van der Waals surface area contributed by atoms with Gasteiger partial charge in [-0.05, 0) is 76.1 Å². The van der Waals surface area contributed by atoms with E-state index in [1.807, 2.05) is 40.7 Å². The second-order valence-corrected chi connectivity index (χ2v) is 11.3. The summed E-state index contributed by atoms with van der Waals surface area (Å²) >= 11 is 0. The molecule has 1 heterocycles. The molecule has 1 aliphatic heterocycles. The van der Waals surface area contributed by atoms with E-state index in [1.165, 1.54) is 13.5 Å². The predicted molar refractivity (Wildman–Crippen MR) is 121 cm³/mol. The lowest BCUT2D eigenvalue weighted by Crippen LogP contribution is -2.44. The molecule has 0 aromatic heterocycles. The van der Waals surface area contributed by atoms with Gasteiger partial charge in [0.15, 0.2) is 6.10 Å². The van der Waals surface area contributed by atoms with Crippen LogP contribution in [0.15, 0.2) is 6.07 Å². The average molecular weight is 453 g/mol. The number of ether oxygens (including phenoxy) is 2. The molecule has 0 bridgehead atoms. The third kappa shape index (κ3) is 5.23. The predicted octanol–water partition coefficient (Wildman–Crippen LogP) is 4.18. The zero-order chi connectivity index (χ0) is 23.0. The summed E-state index contributed by atoms with van der Waals surface area (Å²) in [5, 5.41) is 0. The van der Waals surface area contributed by atoms with Crippen molar-refractivity contribution in [2.75, 3.05) is 18.4 Å². The van der Waals surface area contributed by atoms with Gasteiger partial charge in [-0.1, -0.05) is 25.3 Å². The zero-order valence-electron chi connectivity index (χ0n) is 19.6. The molecule has 7 nitrogen and oxygen atoms in total. The van der Waals surface area contributed by atoms with E-state index in [9.17, 15) is 13.2 Å². The van der Waals surface area contributed by atoms with Gasteiger partial charge in [-0.2, -0.15) is 12.7 Å². The minimum absolute atomic E-state index is 0.0488. The molecule has 31 heavy (non-hydrogen) atoms. The van der Waals surface area contributed by atoms with Crippen molar-refractivity contribution in [2.45, 2.75) is 90.9 Å². The first kappa shape index (κ1) is 24.0. The maximum absolute atomic E-state index is 13.3. The van der Waals surface area contributed by atoms with Crippen LogP contribution < -0.4 is 4.72 Å². The highest BCUT2D eigenvalue weighted by Gasteiger charge is 2.36. The van der Waals surface area contributed by atoms with Crippen molar-refractivity contribution in [1.82, 2.24) is 4.31 Å². The van der Waals surface area contributed by atoms with E-state index in [0.29, 0.717) is 29.8 Å². The van der Waals surface area contributed by atoms with Gasteiger partial charge in [-0.3, -0.25) is 4.72 Å². The summed E-state index contributed by atoms with van der Waals surface area (Å²) in [6.45, 7) is 9.88. The average Bonchev–Trinajstić information content (AvgIpc) is 2.84. The molecular formula is C23H36N2O5S. The van der Waals surface area contributed by atoms with Crippen LogP contribution in [0.1, 0.15) is 81.2 Å². The number of carbonyl (C=O) groups is 1. The number of aryl methyl sites for hydroxylation is 1. The molecule has 8 heteroatoms. The quantitative estimate of drug-likeness (QED) is 0.693. The third-order valence-electron chi connectivity index (χ3n) is 6.23. The Kier molecular flexibility index (Phi) is 7.03. The molecule has 1 aliphatic carbocycles. The van der Waals surface area contributed by atoms with E-state index in [2.05, 4.69) is 4.72 Å². The van der Waals surface area contributed by atoms with Crippen LogP contribution in [0, 0.1) is 13.8 Å². The van der Waals surface area contributed by atoms with Gasteiger partial charge in [0.1, 0.15) is 0 Å². The Morgan fingerprint density at radius 3 is 2.42 bits per heavy atom. The van der Waals surface area contributed by atoms with Crippen LogP contribution in [-0.2, 0) is 30.9 Å². The second kappa shape index (κ2) is 9.08. The molecule has 0 radical (unpaired) electrons. The fourth-order valence-corrected chi connectivity index (χ4v) is 6.29. The number of nitrogens with zero attached hydrogens (tertiary/aromatic N) is 1. The Morgan fingerprint density at radius 1 is 1.19 bits per heavy atom. The standard InChI is InChI=1S/C23H36N2O5S/c1-15-14-19(21(22(26)29-6)30-23(3,4)5)16(2)20-18(15)12-13-25(31(27,28)24-20)17-10-8-7-9-11-17/h14,17,21,24H,7-13H2,1-6H3/t21-/m0/s1. The highest BCUT2D eigenvalue weighted by molar-refractivity contribution is 7.90. The topological polar surface area (TPSA) is 84.9 Å². The van der Waals surface area contributed by atoms with Gasteiger partial charge in [-0.25, -0.2) is 4.79 Å². The fraction of sp³-hybridized carbons (Fsp3) is 0.696. The smallest absolute Gasteiger partial charge is 0.339 e. The van der Waals surface area contributed by atoms with Crippen molar-refractivity contribution >= 4 is 21.9 Å². The first-order valence-corrected chi connectivity index (χ1v) is 12.6. The maximum atomic E-state index is 13.3. The molecule has 0 spiro atoms. The van der Waals surface area contributed by atoms with Crippen molar-refractivity contribution < 1.29 is 22.7 Å². The van der Waals surface area contributed by atoms with Crippen LogP contribution in [0.25, 0.3) is 0 Å². The Bertz CT molecular complexity index is 930. The van der Waals surface area contributed by atoms with Crippen molar-refractivity contribution in [2.24, 2.45) is 0 Å². The summed E-state index contributed by atoms with van der Waals surface area (Å²) in [4.78, 5) is 12.6. The van der Waals surface area contributed by atoms with Crippen molar-refractivity contribution in [3.8, 4) is 0 Å². The van der Waals surface area contributed by atoms with Gasteiger partial charge in [0.25, 0.3) is 0 Å². The van der Waals surface area contributed by atoms with Crippen LogP contribution in [0.3, 0.4) is 0 Å². The fourth-order valence-electron chi connectivity index (χ4n) is 4.71. The summed E-state index contributed by atoms with van der Waals surface area (Å²) in [7, 11) is -2.36. The summed E-state index contributed by atoms with van der Waals surface area (Å²) in [5.41, 5.74) is 3.24. The second-order valence-electron chi connectivity index (χ2n) is 9.65. The summed E-state index contributed by atoms with van der Waals surface area (Å²) in [5.74, 6) is -0.502. The lowest BCUT2D eigenvalue weighted by atomic mass is 9.91. The number of fused-ring (bicyclic) bond motifs is 1.